The number of benzene rings is 2. The maximum Gasteiger partial charge on any atom is 0.263 e. The summed E-state index contributed by atoms with van der Waals surface area (Å²) >= 11 is 0. The van der Waals surface area contributed by atoms with Gasteiger partial charge in [0, 0.05) is 30.8 Å². The van der Waals surface area contributed by atoms with Gasteiger partial charge in [0.25, 0.3) is 5.91 Å². The Labute approximate surface area is 178 Å². The highest BCUT2D eigenvalue weighted by molar-refractivity contribution is 5.91. The van der Waals surface area contributed by atoms with Crippen molar-refractivity contribution in [3.63, 3.8) is 0 Å². The van der Waals surface area contributed by atoms with Crippen LogP contribution in [0, 0.1) is 5.41 Å². The smallest absolute Gasteiger partial charge is 0.263 e. The average Bonchev–Trinajstić information content (AvgIpc) is 2.78. The Morgan fingerprint density at radius 1 is 1.20 bits per heavy atom. The van der Waals surface area contributed by atoms with E-state index in [4.69, 9.17) is 9.47 Å². The van der Waals surface area contributed by atoms with Crippen molar-refractivity contribution in [2.45, 2.75) is 53.3 Å². The Morgan fingerprint density at radius 2 is 1.90 bits per heavy atom. The Morgan fingerprint density at radius 3 is 2.53 bits per heavy atom. The molecule has 0 bridgehead atoms. The number of nitrogens with one attached hydrogen (secondary N) is 1. The molecular weight excluding hydrogens is 380 g/mol. The number of rotatable bonds is 5. The van der Waals surface area contributed by atoms with Gasteiger partial charge in [-0.3, -0.25) is 9.59 Å². The number of nitrogens with zero attached hydrogens (tertiary/aromatic N) is 1. The number of hydrogen-bond donors (Lipinski definition) is 1. The van der Waals surface area contributed by atoms with Crippen LogP contribution in [0.3, 0.4) is 0 Å². The summed E-state index contributed by atoms with van der Waals surface area (Å²) in [4.78, 5) is 27.0. The summed E-state index contributed by atoms with van der Waals surface area (Å²) in [5.41, 5.74) is 2.50. The molecule has 0 radical (unpaired) electrons. The lowest BCUT2D eigenvalue weighted by atomic mass is 9.92. The van der Waals surface area contributed by atoms with Crippen LogP contribution in [0.25, 0.3) is 0 Å². The third kappa shape index (κ3) is 5.53. The molecule has 1 aliphatic heterocycles. The van der Waals surface area contributed by atoms with Gasteiger partial charge in [-0.1, -0.05) is 32.9 Å². The van der Waals surface area contributed by atoms with Crippen molar-refractivity contribution >= 4 is 17.5 Å². The van der Waals surface area contributed by atoms with Gasteiger partial charge in [0.15, 0.2) is 6.10 Å². The van der Waals surface area contributed by atoms with Crippen LogP contribution in [0.5, 0.6) is 11.5 Å². The van der Waals surface area contributed by atoms with E-state index in [1.807, 2.05) is 63.2 Å². The predicted octanol–water partition coefficient (Wildman–Crippen LogP) is 4.38. The van der Waals surface area contributed by atoms with Crippen LogP contribution in [-0.4, -0.2) is 29.9 Å². The highest BCUT2D eigenvalue weighted by Gasteiger charge is 2.28. The Balaban J connectivity index is 1.79. The number of hydrogen-bond acceptors (Lipinski definition) is 4. The molecule has 1 heterocycles. The summed E-state index contributed by atoms with van der Waals surface area (Å²) in [6, 6.07) is 13.2. The molecule has 0 aromatic heterocycles. The number of methoxy groups -OCH3 is 1. The molecule has 0 spiro atoms. The normalized spacial score (nSPS) is 16.4. The van der Waals surface area contributed by atoms with Crippen molar-refractivity contribution in [2.75, 3.05) is 12.4 Å². The van der Waals surface area contributed by atoms with Gasteiger partial charge in [-0.05, 0) is 48.2 Å². The van der Waals surface area contributed by atoms with Crippen molar-refractivity contribution < 1.29 is 19.1 Å². The standard InChI is InChI=1S/C24H30N2O4/c1-16-23(28)26(14-17-6-9-20(29-5)10-7-17)15-18-12-19(8-11-21(18)30-16)25-22(27)13-24(2,3)4/h6-12,16H,13-15H2,1-5H3,(H,25,27)/t16-/m0/s1. The fourth-order valence-corrected chi connectivity index (χ4v) is 3.45. The molecule has 160 valence electrons. The van der Waals surface area contributed by atoms with Crippen LogP contribution in [0.2, 0.25) is 0 Å². The first-order chi connectivity index (χ1) is 14.1. The molecule has 1 N–H and O–H groups in total. The first-order valence-electron chi connectivity index (χ1n) is 10.2. The number of carbonyl (C=O) groups excluding carboxylic acids is 2. The fraction of sp³-hybridized carbons (Fsp3) is 0.417. The topological polar surface area (TPSA) is 67.9 Å². The van der Waals surface area contributed by atoms with Gasteiger partial charge in [0.1, 0.15) is 11.5 Å². The molecule has 0 saturated carbocycles. The molecule has 2 aromatic carbocycles. The van der Waals surface area contributed by atoms with Crippen LogP contribution >= 0.6 is 0 Å². The van der Waals surface area contributed by atoms with Crippen molar-refractivity contribution in [1.29, 1.82) is 0 Å². The van der Waals surface area contributed by atoms with E-state index in [0.717, 1.165) is 16.9 Å². The summed E-state index contributed by atoms with van der Waals surface area (Å²) < 4.78 is 11.1. The van der Waals surface area contributed by atoms with Gasteiger partial charge < -0.3 is 19.7 Å². The first kappa shape index (κ1) is 21.7. The third-order valence-corrected chi connectivity index (χ3v) is 4.89. The number of ether oxygens (including phenoxy) is 2. The van der Waals surface area contributed by atoms with E-state index in [1.54, 1.807) is 18.9 Å². The van der Waals surface area contributed by atoms with E-state index in [1.165, 1.54) is 0 Å². The third-order valence-electron chi connectivity index (χ3n) is 4.89. The predicted molar refractivity (Wildman–Crippen MR) is 116 cm³/mol. The average molecular weight is 411 g/mol. The molecular formula is C24H30N2O4. The van der Waals surface area contributed by atoms with Crippen molar-refractivity contribution in [3.8, 4) is 11.5 Å². The second kappa shape index (κ2) is 8.78. The second-order valence-corrected chi connectivity index (χ2v) is 8.91. The quantitative estimate of drug-likeness (QED) is 0.794. The van der Waals surface area contributed by atoms with Gasteiger partial charge in [0.2, 0.25) is 5.91 Å². The highest BCUT2D eigenvalue weighted by atomic mass is 16.5. The minimum atomic E-state index is -0.578. The largest absolute Gasteiger partial charge is 0.497 e. The van der Waals surface area contributed by atoms with Crippen LogP contribution in [0.4, 0.5) is 5.69 Å². The molecule has 3 rings (SSSR count). The lowest BCUT2D eigenvalue weighted by molar-refractivity contribution is -0.138. The molecule has 6 nitrogen and oxygen atoms in total. The van der Waals surface area contributed by atoms with Crippen LogP contribution in [0.1, 0.15) is 45.2 Å². The minimum absolute atomic E-state index is 0.0310. The van der Waals surface area contributed by atoms with Crippen molar-refractivity contribution in [2.24, 2.45) is 5.41 Å². The number of fused-ring (bicyclic) bond motifs is 1. The zero-order chi connectivity index (χ0) is 21.9. The lowest BCUT2D eigenvalue weighted by Crippen LogP contribution is -2.37. The van der Waals surface area contributed by atoms with Gasteiger partial charge in [0.05, 0.1) is 7.11 Å². The molecule has 0 saturated heterocycles. The second-order valence-electron chi connectivity index (χ2n) is 8.91. The zero-order valence-corrected chi connectivity index (χ0v) is 18.3. The van der Waals surface area contributed by atoms with Gasteiger partial charge >= 0.3 is 0 Å². The maximum absolute atomic E-state index is 12.9. The van der Waals surface area contributed by atoms with E-state index in [-0.39, 0.29) is 17.2 Å². The summed E-state index contributed by atoms with van der Waals surface area (Å²) in [6.45, 7) is 8.73. The molecule has 6 heteroatoms. The molecule has 0 unspecified atom stereocenters. The molecule has 1 aliphatic rings. The summed E-state index contributed by atoms with van der Waals surface area (Å²) in [5, 5.41) is 2.96. The molecule has 2 amide bonds. The maximum atomic E-state index is 12.9. The van der Waals surface area contributed by atoms with Gasteiger partial charge in [-0.2, -0.15) is 0 Å². The minimum Gasteiger partial charge on any atom is -0.497 e. The van der Waals surface area contributed by atoms with Crippen molar-refractivity contribution in [1.82, 2.24) is 4.90 Å². The summed E-state index contributed by atoms with van der Waals surface area (Å²) in [6.07, 6.45) is -0.148. The molecule has 30 heavy (non-hydrogen) atoms. The number of carbonyl (C=O) groups is 2. The molecule has 2 aromatic rings. The Hall–Kier alpha value is -3.02. The summed E-state index contributed by atoms with van der Waals surface area (Å²) in [7, 11) is 1.63. The highest BCUT2D eigenvalue weighted by Crippen LogP contribution is 2.30. The van der Waals surface area contributed by atoms with E-state index >= 15 is 0 Å². The van der Waals surface area contributed by atoms with Gasteiger partial charge in [-0.25, -0.2) is 0 Å². The molecule has 0 fully saturated rings. The SMILES string of the molecule is COc1ccc(CN2Cc3cc(NC(=O)CC(C)(C)C)ccc3O[C@@H](C)C2=O)cc1. The number of amides is 2. The Kier molecular flexibility index (Phi) is 6.34. The Bertz CT molecular complexity index is 916. The van der Waals surface area contributed by atoms with E-state index in [2.05, 4.69) is 5.32 Å². The molecule has 1 atom stereocenters. The van der Waals surface area contributed by atoms with Crippen LogP contribution in [-0.2, 0) is 22.7 Å². The van der Waals surface area contributed by atoms with Crippen LogP contribution < -0.4 is 14.8 Å². The molecule has 0 aliphatic carbocycles. The first-order valence-corrected chi connectivity index (χ1v) is 10.2. The summed E-state index contributed by atoms with van der Waals surface area (Å²) in [5.74, 6) is 1.34. The zero-order valence-electron chi connectivity index (χ0n) is 18.3. The van der Waals surface area contributed by atoms with E-state index < -0.39 is 6.10 Å². The fourth-order valence-electron chi connectivity index (χ4n) is 3.45. The van der Waals surface area contributed by atoms with E-state index in [9.17, 15) is 9.59 Å². The van der Waals surface area contributed by atoms with Crippen molar-refractivity contribution in [3.05, 3.63) is 53.6 Å². The van der Waals surface area contributed by atoms with Crippen LogP contribution in [0.15, 0.2) is 42.5 Å². The number of anilines is 1. The lowest BCUT2D eigenvalue weighted by Gasteiger charge is -2.22. The van der Waals surface area contributed by atoms with Gasteiger partial charge in [-0.15, -0.1) is 0 Å². The van der Waals surface area contributed by atoms with E-state index in [0.29, 0.717) is 30.9 Å². The monoisotopic (exact) mass is 410 g/mol.